The fraction of sp³-hybridized carbons (Fsp3) is 0.211. The molecule has 0 unspecified atom stereocenters. The molecule has 5 nitrogen and oxygen atoms in total. The summed E-state index contributed by atoms with van der Waals surface area (Å²) in [7, 11) is -0.0847. The first-order chi connectivity index (χ1) is 12.7. The standard InChI is InChI=1S/C19H18ClFN2O3S/c1-23(2)18-15(19(24)22-14-6-4-13(21)5-7-14)9-10-27(25,26)17-8-3-12(20)11-16(17)18/h3-8,11H,9-10H2,1-2H3,(H,22,24). The highest BCUT2D eigenvalue weighted by molar-refractivity contribution is 7.91. The molecule has 0 aliphatic carbocycles. The van der Waals surface area contributed by atoms with Gasteiger partial charge in [-0.1, -0.05) is 11.6 Å². The predicted molar refractivity (Wildman–Crippen MR) is 104 cm³/mol. The second-order valence-electron chi connectivity index (χ2n) is 6.39. The third kappa shape index (κ3) is 3.99. The van der Waals surface area contributed by atoms with E-state index < -0.39 is 21.6 Å². The van der Waals surface area contributed by atoms with Crippen molar-refractivity contribution in [2.75, 3.05) is 25.2 Å². The van der Waals surface area contributed by atoms with Gasteiger partial charge in [0.05, 0.1) is 16.3 Å². The number of hydrogen-bond donors (Lipinski definition) is 1. The van der Waals surface area contributed by atoms with Gasteiger partial charge in [0.2, 0.25) is 0 Å². The van der Waals surface area contributed by atoms with Gasteiger partial charge in [-0.15, -0.1) is 0 Å². The molecule has 0 radical (unpaired) electrons. The quantitative estimate of drug-likeness (QED) is 0.843. The van der Waals surface area contributed by atoms with E-state index in [0.717, 1.165) is 0 Å². The molecule has 0 saturated heterocycles. The SMILES string of the molecule is CN(C)C1=C(C(=O)Nc2ccc(F)cc2)CCS(=O)(=O)c2ccc(Cl)cc21. The fourth-order valence-corrected chi connectivity index (χ4v) is 4.69. The van der Waals surface area contributed by atoms with Crippen LogP contribution in [0.4, 0.5) is 10.1 Å². The summed E-state index contributed by atoms with van der Waals surface area (Å²) in [6.07, 6.45) is 0.0508. The van der Waals surface area contributed by atoms with Crippen LogP contribution >= 0.6 is 11.6 Å². The number of amides is 1. The largest absolute Gasteiger partial charge is 0.377 e. The molecule has 0 atom stereocenters. The van der Waals surface area contributed by atoms with E-state index in [2.05, 4.69) is 5.32 Å². The molecule has 1 N–H and O–H groups in total. The number of sulfone groups is 1. The van der Waals surface area contributed by atoms with Crippen LogP contribution in [0.1, 0.15) is 12.0 Å². The summed E-state index contributed by atoms with van der Waals surface area (Å²) in [5, 5.41) is 3.08. The average molecular weight is 409 g/mol. The zero-order chi connectivity index (χ0) is 19.8. The average Bonchev–Trinajstić information content (AvgIpc) is 2.70. The lowest BCUT2D eigenvalue weighted by molar-refractivity contribution is -0.112. The molecule has 2 aromatic rings. The first kappa shape index (κ1) is 19.4. The van der Waals surface area contributed by atoms with Crippen molar-refractivity contribution in [3.05, 3.63) is 64.4 Å². The summed E-state index contributed by atoms with van der Waals surface area (Å²) in [6.45, 7) is 0. The van der Waals surface area contributed by atoms with E-state index in [1.165, 1.54) is 36.4 Å². The number of halogens is 2. The molecule has 8 heteroatoms. The number of rotatable bonds is 3. The van der Waals surface area contributed by atoms with Gasteiger partial charge in [-0.25, -0.2) is 12.8 Å². The zero-order valence-electron chi connectivity index (χ0n) is 14.8. The number of carbonyl (C=O) groups is 1. The molecule has 1 amide bonds. The van der Waals surface area contributed by atoms with Gasteiger partial charge >= 0.3 is 0 Å². The third-order valence-electron chi connectivity index (χ3n) is 4.26. The van der Waals surface area contributed by atoms with Crippen LogP contribution < -0.4 is 5.32 Å². The molecule has 1 aliphatic heterocycles. The Morgan fingerprint density at radius 1 is 1.15 bits per heavy atom. The van der Waals surface area contributed by atoms with Gasteiger partial charge in [0, 0.05) is 35.9 Å². The van der Waals surface area contributed by atoms with Gasteiger partial charge in [0.25, 0.3) is 5.91 Å². The number of carbonyl (C=O) groups excluding carboxylic acids is 1. The molecule has 0 spiro atoms. The molecule has 1 aliphatic rings. The minimum atomic E-state index is -3.56. The van der Waals surface area contributed by atoms with Crippen molar-refractivity contribution in [2.45, 2.75) is 11.3 Å². The number of hydrogen-bond acceptors (Lipinski definition) is 4. The van der Waals surface area contributed by atoms with E-state index in [4.69, 9.17) is 11.6 Å². The van der Waals surface area contributed by atoms with Crippen LogP contribution in [-0.4, -0.2) is 39.1 Å². The Morgan fingerprint density at radius 2 is 1.81 bits per heavy atom. The lowest BCUT2D eigenvalue weighted by Gasteiger charge is -2.22. The first-order valence-electron chi connectivity index (χ1n) is 8.19. The molecule has 3 rings (SSSR count). The number of fused-ring (bicyclic) bond motifs is 1. The number of benzene rings is 2. The fourth-order valence-electron chi connectivity index (χ4n) is 3.06. The summed E-state index contributed by atoms with van der Waals surface area (Å²) < 4.78 is 38.4. The Morgan fingerprint density at radius 3 is 2.44 bits per heavy atom. The van der Waals surface area contributed by atoms with Crippen LogP contribution in [0.15, 0.2) is 52.9 Å². The van der Waals surface area contributed by atoms with Crippen LogP contribution in [0.3, 0.4) is 0 Å². The third-order valence-corrected chi connectivity index (χ3v) is 6.26. The van der Waals surface area contributed by atoms with E-state index in [-0.39, 0.29) is 17.1 Å². The van der Waals surface area contributed by atoms with Crippen LogP contribution in [-0.2, 0) is 14.6 Å². The highest BCUT2D eigenvalue weighted by Crippen LogP contribution is 2.35. The summed E-state index contributed by atoms with van der Waals surface area (Å²) >= 11 is 6.09. The van der Waals surface area contributed by atoms with Crippen molar-refractivity contribution < 1.29 is 17.6 Å². The minimum absolute atomic E-state index is 0.0508. The van der Waals surface area contributed by atoms with E-state index in [9.17, 15) is 17.6 Å². The van der Waals surface area contributed by atoms with Gasteiger partial charge in [0.15, 0.2) is 9.84 Å². The van der Waals surface area contributed by atoms with Crippen molar-refractivity contribution in [3.8, 4) is 0 Å². The Bertz CT molecular complexity index is 1030. The van der Waals surface area contributed by atoms with E-state index in [1.807, 2.05) is 0 Å². The minimum Gasteiger partial charge on any atom is -0.377 e. The second-order valence-corrected chi connectivity index (χ2v) is 8.91. The molecule has 2 aromatic carbocycles. The van der Waals surface area contributed by atoms with Gasteiger partial charge in [0.1, 0.15) is 5.82 Å². The predicted octanol–water partition coefficient (Wildman–Crippen LogP) is 3.57. The second kappa shape index (κ2) is 7.32. The molecular formula is C19H18ClFN2O3S. The lowest BCUT2D eigenvalue weighted by Crippen LogP contribution is -2.21. The van der Waals surface area contributed by atoms with Gasteiger partial charge in [-0.2, -0.15) is 0 Å². The van der Waals surface area contributed by atoms with Gasteiger partial charge in [-0.05, 0) is 48.9 Å². The van der Waals surface area contributed by atoms with Crippen molar-refractivity contribution in [1.82, 2.24) is 4.90 Å². The van der Waals surface area contributed by atoms with Crippen LogP contribution in [0.2, 0.25) is 5.02 Å². The van der Waals surface area contributed by atoms with E-state index in [0.29, 0.717) is 27.5 Å². The van der Waals surface area contributed by atoms with Crippen molar-refractivity contribution in [2.24, 2.45) is 0 Å². The normalized spacial score (nSPS) is 15.7. The molecule has 142 valence electrons. The zero-order valence-corrected chi connectivity index (χ0v) is 16.4. The molecule has 0 saturated carbocycles. The lowest BCUT2D eigenvalue weighted by atomic mass is 10.0. The Labute approximate surface area is 162 Å². The van der Waals surface area contributed by atoms with E-state index >= 15 is 0 Å². The smallest absolute Gasteiger partial charge is 0.253 e. The Balaban J connectivity index is 2.12. The van der Waals surface area contributed by atoms with Crippen molar-refractivity contribution in [1.29, 1.82) is 0 Å². The molecule has 0 bridgehead atoms. The van der Waals surface area contributed by atoms with Gasteiger partial charge < -0.3 is 10.2 Å². The number of anilines is 1. The summed E-state index contributed by atoms with van der Waals surface area (Å²) in [5.74, 6) is -1.04. The summed E-state index contributed by atoms with van der Waals surface area (Å²) in [4.78, 5) is 14.8. The molecular weight excluding hydrogens is 391 g/mol. The van der Waals surface area contributed by atoms with Crippen LogP contribution in [0.25, 0.3) is 5.70 Å². The van der Waals surface area contributed by atoms with Crippen molar-refractivity contribution >= 4 is 38.7 Å². The Hall–Kier alpha value is -2.38. The molecule has 0 fully saturated rings. The van der Waals surface area contributed by atoms with E-state index in [1.54, 1.807) is 25.1 Å². The highest BCUT2D eigenvalue weighted by atomic mass is 35.5. The van der Waals surface area contributed by atoms with Crippen LogP contribution in [0, 0.1) is 5.82 Å². The Kier molecular flexibility index (Phi) is 5.26. The maximum atomic E-state index is 13.1. The molecule has 0 aromatic heterocycles. The highest BCUT2D eigenvalue weighted by Gasteiger charge is 2.30. The van der Waals surface area contributed by atoms with Crippen molar-refractivity contribution in [3.63, 3.8) is 0 Å². The number of nitrogens with one attached hydrogen (secondary N) is 1. The first-order valence-corrected chi connectivity index (χ1v) is 10.2. The molecule has 1 heterocycles. The van der Waals surface area contributed by atoms with Crippen LogP contribution in [0.5, 0.6) is 0 Å². The molecule has 27 heavy (non-hydrogen) atoms. The maximum absolute atomic E-state index is 13.1. The monoisotopic (exact) mass is 408 g/mol. The summed E-state index contributed by atoms with van der Waals surface area (Å²) in [5.41, 5.74) is 1.64. The number of nitrogens with zero attached hydrogens (tertiary/aromatic N) is 1. The maximum Gasteiger partial charge on any atom is 0.253 e. The van der Waals surface area contributed by atoms with Gasteiger partial charge in [-0.3, -0.25) is 4.79 Å². The summed E-state index contributed by atoms with van der Waals surface area (Å²) in [6, 6.07) is 9.92. The topological polar surface area (TPSA) is 66.5 Å².